The molecule has 0 aromatic heterocycles. The van der Waals surface area contributed by atoms with Gasteiger partial charge in [-0.1, -0.05) is 13.8 Å². The van der Waals surface area contributed by atoms with Crippen LogP contribution in [0.15, 0.2) is 0 Å². The minimum Gasteiger partial charge on any atom is -0.459 e. The molecule has 0 aromatic carbocycles. The smallest absolute Gasteiger partial charge is 0.323 e. The van der Waals surface area contributed by atoms with Crippen molar-refractivity contribution in [3.63, 3.8) is 0 Å². The topological polar surface area (TPSA) is 92.8 Å². The summed E-state index contributed by atoms with van der Waals surface area (Å²) in [6.45, 7) is 3.13. The summed E-state index contributed by atoms with van der Waals surface area (Å²) in [6, 6.07) is -0.705. The maximum absolute atomic E-state index is 10.9. The van der Waals surface area contributed by atoms with Crippen molar-refractivity contribution in [3.05, 3.63) is 0 Å². The third-order valence-electron chi connectivity index (χ3n) is 1.37. The van der Waals surface area contributed by atoms with Gasteiger partial charge in [0.05, 0.1) is 0 Å². The first kappa shape index (κ1) is 11.4. The number of rotatable bonds is 4. The Hall–Kier alpha value is -0.650. The molecule has 0 spiro atoms. The Balaban J connectivity index is 3.72. The zero-order valence-electron chi connectivity index (χ0n) is 7.23. The average Bonchev–Trinajstić information content (AvgIpc) is 1.98. The molecule has 0 saturated carbocycles. The van der Waals surface area contributed by atoms with Crippen LogP contribution in [0, 0.1) is 5.92 Å². The number of ether oxygens (including phenoxy) is 1. The van der Waals surface area contributed by atoms with Crippen molar-refractivity contribution in [1.82, 2.24) is 0 Å². The van der Waals surface area contributed by atoms with Gasteiger partial charge in [-0.05, 0) is 5.92 Å². The summed E-state index contributed by atoms with van der Waals surface area (Å²) in [5.41, 5.74) is 5.41. The van der Waals surface area contributed by atoms with Crippen molar-refractivity contribution in [2.24, 2.45) is 11.7 Å². The summed E-state index contributed by atoms with van der Waals surface area (Å²) >= 11 is 0. The molecule has 0 aromatic rings. The fourth-order valence-corrected chi connectivity index (χ4v) is 0.525. The van der Waals surface area contributed by atoms with Gasteiger partial charge in [0.15, 0.2) is 6.29 Å². The van der Waals surface area contributed by atoms with Gasteiger partial charge in [0, 0.05) is 0 Å². The number of hydrogen-bond donors (Lipinski definition) is 3. The Kier molecular flexibility index (Phi) is 4.80. The molecule has 12 heavy (non-hydrogen) atoms. The Labute approximate surface area is 71.1 Å². The number of aliphatic hydroxyl groups is 2. The SMILES string of the molecule is CC(C)[C@H](N)C(=O)OCC(O)O. The van der Waals surface area contributed by atoms with Gasteiger partial charge in [0.25, 0.3) is 0 Å². The lowest BCUT2D eigenvalue weighted by atomic mass is 10.1. The minimum absolute atomic E-state index is 0.0201. The van der Waals surface area contributed by atoms with E-state index in [0.29, 0.717) is 0 Å². The molecule has 0 rings (SSSR count). The molecule has 0 saturated heterocycles. The quantitative estimate of drug-likeness (QED) is 0.371. The monoisotopic (exact) mass is 177 g/mol. The lowest BCUT2D eigenvalue weighted by molar-refractivity contribution is -0.158. The van der Waals surface area contributed by atoms with Gasteiger partial charge in [-0.2, -0.15) is 0 Å². The Bertz CT molecular complexity index is 146. The van der Waals surface area contributed by atoms with Crippen molar-refractivity contribution in [2.45, 2.75) is 26.2 Å². The van der Waals surface area contributed by atoms with Crippen LogP contribution < -0.4 is 5.73 Å². The maximum atomic E-state index is 10.9. The van der Waals surface area contributed by atoms with Crippen molar-refractivity contribution < 1.29 is 19.7 Å². The molecule has 0 fully saturated rings. The number of aliphatic hydroxyl groups excluding tert-OH is 1. The first-order valence-electron chi connectivity index (χ1n) is 3.73. The number of nitrogens with two attached hydrogens (primary N) is 1. The Morgan fingerprint density at radius 1 is 1.50 bits per heavy atom. The highest BCUT2D eigenvalue weighted by atomic mass is 16.6. The van der Waals surface area contributed by atoms with Crippen LogP contribution in [0.1, 0.15) is 13.8 Å². The van der Waals surface area contributed by atoms with Crippen LogP contribution in [0.2, 0.25) is 0 Å². The molecule has 5 nitrogen and oxygen atoms in total. The molecule has 0 radical (unpaired) electrons. The second-order valence-corrected chi connectivity index (χ2v) is 2.88. The van der Waals surface area contributed by atoms with Crippen LogP contribution in [0.5, 0.6) is 0 Å². The van der Waals surface area contributed by atoms with Crippen LogP contribution in [0.25, 0.3) is 0 Å². The molecular formula is C7H15NO4. The van der Waals surface area contributed by atoms with Gasteiger partial charge >= 0.3 is 5.97 Å². The zero-order valence-corrected chi connectivity index (χ0v) is 7.23. The summed E-state index contributed by atoms with van der Waals surface area (Å²) in [5, 5.41) is 16.7. The van der Waals surface area contributed by atoms with Crippen molar-refractivity contribution >= 4 is 5.97 Å². The molecule has 5 heteroatoms. The highest BCUT2D eigenvalue weighted by molar-refractivity contribution is 5.75. The first-order valence-corrected chi connectivity index (χ1v) is 3.73. The molecule has 0 bridgehead atoms. The number of esters is 1. The van der Waals surface area contributed by atoms with Crippen molar-refractivity contribution in [1.29, 1.82) is 0 Å². The summed E-state index contributed by atoms with van der Waals surface area (Å²) in [6.07, 6.45) is -1.63. The lowest BCUT2D eigenvalue weighted by Crippen LogP contribution is -2.38. The van der Waals surface area contributed by atoms with E-state index in [-0.39, 0.29) is 5.92 Å². The zero-order chi connectivity index (χ0) is 9.72. The second-order valence-electron chi connectivity index (χ2n) is 2.88. The molecular weight excluding hydrogens is 162 g/mol. The van der Waals surface area contributed by atoms with Gasteiger partial charge in [-0.25, -0.2) is 0 Å². The maximum Gasteiger partial charge on any atom is 0.323 e. The van der Waals surface area contributed by atoms with Gasteiger partial charge in [-0.3, -0.25) is 4.79 Å². The Morgan fingerprint density at radius 2 is 2.00 bits per heavy atom. The largest absolute Gasteiger partial charge is 0.459 e. The fourth-order valence-electron chi connectivity index (χ4n) is 0.525. The van der Waals surface area contributed by atoms with E-state index in [4.69, 9.17) is 15.9 Å². The van der Waals surface area contributed by atoms with E-state index in [9.17, 15) is 4.79 Å². The normalized spacial score (nSPS) is 13.6. The third-order valence-corrected chi connectivity index (χ3v) is 1.37. The lowest BCUT2D eigenvalue weighted by Gasteiger charge is -2.14. The number of carbonyl (C=O) groups excluding carboxylic acids is 1. The van der Waals surface area contributed by atoms with Crippen LogP contribution in [0.3, 0.4) is 0 Å². The van der Waals surface area contributed by atoms with E-state index in [2.05, 4.69) is 4.74 Å². The molecule has 0 unspecified atom stereocenters. The fraction of sp³-hybridized carbons (Fsp3) is 0.857. The van der Waals surface area contributed by atoms with Gasteiger partial charge in [0.1, 0.15) is 12.6 Å². The molecule has 4 N–H and O–H groups in total. The van der Waals surface area contributed by atoms with E-state index in [1.165, 1.54) is 0 Å². The summed E-state index contributed by atoms with van der Waals surface area (Å²) in [7, 11) is 0. The van der Waals surface area contributed by atoms with E-state index in [0.717, 1.165) is 0 Å². The summed E-state index contributed by atoms with van der Waals surface area (Å²) in [4.78, 5) is 10.9. The van der Waals surface area contributed by atoms with Crippen LogP contribution >= 0.6 is 0 Å². The Morgan fingerprint density at radius 3 is 2.33 bits per heavy atom. The summed E-state index contributed by atoms with van der Waals surface area (Å²) in [5.74, 6) is -0.633. The predicted molar refractivity (Wildman–Crippen MR) is 42.0 cm³/mol. The van der Waals surface area contributed by atoms with E-state index in [1.54, 1.807) is 13.8 Å². The molecule has 72 valence electrons. The first-order chi connectivity index (χ1) is 5.45. The third kappa shape index (κ3) is 4.27. The molecule has 0 heterocycles. The standard InChI is InChI=1S/C7H15NO4/c1-4(2)6(8)7(11)12-3-5(9)10/h4-6,9-10H,3,8H2,1-2H3/t6-/m0/s1. The van der Waals surface area contributed by atoms with Crippen molar-refractivity contribution in [2.75, 3.05) is 6.61 Å². The van der Waals surface area contributed by atoms with Gasteiger partial charge < -0.3 is 20.7 Å². The highest BCUT2D eigenvalue weighted by Gasteiger charge is 2.19. The molecule has 0 aliphatic rings. The average molecular weight is 177 g/mol. The molecule has 0 aliphatic heterocycles. The van der Waals surface area contributed by atoms with Crippen molar-refractivity contribution in [3.8, 4) is 0 Å². The van der Waals surface area contributed by atoms with Crippen LogP contribution in [-0.2, 0) is 9.53 Å². The van der Waals surface area contributed by atoms with Crippen LogP contribution in [-0.4, -0.2) is 35.1 Å². The van der Waals surface area contributed by atoms with E-state index >= 15 is 0 Å². The minimum atomic E-state index is -1.63. The summed E-state index contributed by atoms with van der Waals surface area (Å²) < 4.78 is 4.46. The number of carbonyl (C=O) groups is 1. The highest BCUT2D eigenvalue weighted by Crippen LogP contribution is 2.00. The second kappa shape index (κ2) is 5.08. The predicted octanol–water partition coefficient (Wildman–Crippen LogP) is -1.18. The van der Waals surface area contributed by atoms with Crippen LogP contribution in [0.4, 0.5) is 0 Å². The number of hydrogen-bond acceptors (Lipinski definition) is 5. The van der Waals surface area contributed by atoms with E-state index in [1.807, 2.05) is 0 Å². The van der Waals surface area contributed by atoms with Gasteiger partial charge in [-0.15, -0.1) is 0 Å². The molecule has 1 atom stereocenters. The van der Waals surface area contributed by atoms with E-state index < -0.39 is 24.9 Å². The molecule has 0 aliphatic carbocycles. The van der Waals surface area contributed by atoms with Gasteiger partial charge in [0.2, 0.25) is 0 Å². The molecule has 0 amide bonds.